The molecule has 1 rings (SSSR count). The Labute approximate surface area is 103 Å². The normalized spacial score (nSPS) is 23.4. The number of hydrogen-bond donors (Lipinski definition) is 2. The van der Waals surface area contributed by atoms with Crippen molar-refractivity contribution < 1.29 is 14.3 Å². The third-order valence-corrected chi connectivity index (χ3v) is 2.83. The number of ether oxygens (including phenoxy) is 2. The van der Waals surface area contributed by atoms with Gasteiger partial charge in [-0.05, 0) is 26.7 Å². The maximum absolute atomic E-state index is 11.6. The molecule has 17 heavy (non-hydrogen) atoms. The molecule has 0 bridgehead atoms. The standard InChI is InChI=1S/C12H24N2O3/c1-12(2)8-10(4-6-17-12)14-11(15)9-13-5-7-16-3/h10,13H,4-9H2,1-3H3,(H,14,15). The minimum atomic E-state index is -0.125. The van der Waals surface area contributed by atoms with Crippen molar-refractivity contribution in [2.75, 3.05) is 33.4 Å². The van der Waals surface area contributed by atoms with E-state index in [0.717, 1.165) is 19.4 Å². The van der Waals surface area contributed by atoms with Crippen molar-refractivity contribution in [2.24, 2.45) is 0 Å². The van der Waals surface area contributed by atoms with E-state index in [4.69, 9.17) is 9.47 Å². The molecule has 5 heteroatoms. The van der Waals surface area contributed by atoms with Gasteiger partial charge in [-0.3, -0.25) is 4.79 Å². The van der Waals surface area contributed by atoms with Gasteiger partial charge in [0.1, 0.15) is 0 Å². The number of hydrogen-bond acceptors (Lipinski definition) is 4. The zero-order valence-electron chi connectivity index (χ0n) is 11.0. The average molecular weight is 244 g/mol. The van der Waals surface area contributed by atoms with E-state index in [1.165, 1.54) is 0 Å². The fourth-order valence-electron chi connectivity index (χ4n) is 2.01. The van der Waals surface area contributed by atoms with Crippen molar-refractivity contribution >= 4 is 5.91 Å². The largest absolute Gasteiger partial charge is 0.383 e. The zero-order valence-corrected chi connectivity index (χ0v) is 11.0. The van der Waals surface area contributed by atoms with Crippen molar-refractivity contribution in [1.29, 1.82) is 0 Å². The first-order valence-electron chi connectivity index (χ1n) is 6.16. The van der Waals surface area contributed by atoms with Gasteiger partial charge in [0.2, 0.25) is 5.91 Å². The molecule has 1 heterocycles. The van der Waals surface area contributed by atoms with Gasteiger partial charge in [-0.15, -0.1) is 0 Å². The summed E-state index contributed by atoms with van der Waals surface area (Å²) in [6.45, 7) is 6.50. The predicted molar refractivity (Wildman–Crippen MR) is 65.9 cm³/mol. The lowest BCUT2D eigenvalue weighted by atomic mass is 9.94. The second-order valence-electron chi connectivity index (χ2n) is 5.03. The van der Waals surface area contributed by atoms with Crippen molar-refractivity contribution in [2.45, 2.75) is 38.3 Å². The van der Waals surface area contributed by atoms with Gasteiger partial charge in [0.25, 0.3) is 0 Å². The van der Waals surface area contributed by atoms with Gasteiger partial charge >= 0.3 is 0 Å². The Balaban J connectivity index is 2.17. The summed E-state index contributed by atoms with van der Waals surface area (Å²) in [6.07, 6.45) is 1.77. The third-order valence-electron chi connectivity index (χ3n) is 2.83. The Hall–Kier alpha value is -0.650. The SMILES string of the molecule is COCCNCC(=O)NC1CCOC(C)(C)C1. The fourth-order valence-corrected chi connectivity index (χ4v) is 2.01. The minimum Gasteiger partial charge on any atom is -0.383 e. The first-order chi connectivity index (χ1) is 8.03. The van der Waals surface area contributed by atoms with Crippen LogP contribution in [0.25, 0.3) is 0 Å². The smallest absolute Gasteiger partial charge is 0.234 e. The molecule has 0 aromatic heterocycles. The van der Waals surface area contributed by atoms with Crippen LogP contribution < -0.4 is 10.6 Å². The monoisotopic (exact) mass is 244 g/mol. The van der Waals surface area contributed by atoms with E-state index in [1.807, 2.05) is 0 Å². The van der Waals surface area contributed by atoms with Crippen LogP contribution in [-0.2, 0) is 14.3 Å². The molecule has 5 nitrogen and oxygen atoms in total. The summed E-state index contributed by atoms with van der Waals surface area (Å²) < 4.78 is 10.5. The van der Waals surface area contributed by atoms with Crippen LogP contribution in [-0.4, -0.2) is 51.0 Å². The van der Waals surface area contributed by atoms with Gasteiger partial charge in [0.05, 0.1) is 18.8 Å². The number of carbonyl (C=O) groups is 1. The molecule has 0 radical (unpaired) electrons. The highest BCUT2D eigenvalue weighted by atomic mass is 16.5. The van der Waals surface area contributed by atoms with Crippen LogP contribution in [0.2, 0.25) is 0 Å². The lowest BCUT2D eigenvalue weighted by Gasteiger charge is -2.35. The molecule has 1 atom stereocenters. The van der Waals surface area contributed by atoms with Crippen LogP contribution in [0.5, 0.6) is 0 Å². The predicted octanol–water partition coefficient (Wildman–Crippen LogP) is 0.296. The summed E-state index contributed by atoms with van der Waals surface area (Å²) in [4.78, 5) is 11.6. The van der Waals surface area contributed by atoms with Crippen LogP contribution in [0.3, 0.4) is 0 Å². The third kappa shape index (κ3) is 6.00. The zero-order chi connectivity index (χ0) is 12.7. The summed E-state index contributed by atoms with van der Waals surface area (Å²) in [6, 6.07) is 0.232. The van der Waals surface area contributed by atoms with E-state index in [9.17, 15) is 4.79 Å². The molecule has 100 valence electrons. The quantitative estimate of drug-likeness (QED) is 0.660. The van der Waals surface area contributed by atoms with E-state index in [-0.39, 0.29) is 17.6 Å². The molecular weight excluding hydrogens is 220 g/mol. The van der Waals surface area contributed by atoms with Crippen molar-refractivity contribution in [3.8, 4) is 0 Å². The van der Waals surface area contributed by atoms with Gasteiger partial charge in [-0.1, -0.05) is 0 Å². The Morgan fingerprint density at radius 3 is 2.94 bits per heavy atom. The summed E-state index contributed by atoms with van der Waals surface area (Å²) >= 11 is 0. The molecule has 2 N–H and O–H groups in total. The Morgan fingerprint density at radius 1 is 1.53 bits per heavy atom. The molecule has 1 fully saturated rings. The second kappa shape index (κ2) is 6.93. The summed E-state index contributed by atoms with van der Waals surface area (Å²) in [5, 5.41) is 6.06. The topological polar surface area (TPSA) is 59.6 Å². The van der Waals surface area contributed by atoms with E-state index in [1.54, 1.807) is 7.11 Å². The van der Waals surface area contributed by atoms with E-state index in [2.05, 4.69) is 24.5 Å². The van der Waals surface area contributed by atoms with E-state index >= 15 is 0 Å². The molecule has 1 aliphatic rings. The Morgan fingerprint density at radius 2 is 2.29 bits per heavy atom. The molecule has 0 aromatic rings. The van der Waals surface area contributed by atoms with E-state index < -0.39 is 0 Å². The summed E-state index contributed by atoms with van der Waals surface area (Å²) in [5.74, 6) is 0.0452. The lowest BCUT2D eigenvalue weighted by Crippen LogP contribution is -2.48. The number of methoxy groups -OCH3 is 1. The molecule has 0 saturated carbocycles. The molecule has 1 saturated heterocycles. The molecule has 0 spiro atoms. The van der Waals surface area contributed by atoms with Gasteiger partial charge in [-0.2, -0.15) is 0 Å². The Kier molecular flexibility index (Phi) is 5.88. The van der Waals surface area contributed by atoms with Crippen molar-refractivity contribution in [1.82, 2.24) is 10.6 Å². The number of rotatable bonds is 6. The number of nitrogens with one attached hydrogen (secondary N) is 2. The molecule has 1 unspecified atom stereocenters. The first-order valence-corrected chi connectivity index (χ1v) is 6.16. The van der Waals surface area contributed by atoms with Gasteiger partial charge in [-0.25, -0.2) is 0 Å². The lowest BCUT2D eigenvalue weighted by molar-refractivity contribution is -0.123. The molecule has 0 aromatic carbocycles. The summed E-state index contributed by atoms with van der Waals surface area (Å²) in [7, 11) is 1.64. The van der Waals surface area contributed by atoms with Gasteiger partial charge in [0, 0.05) is 26.3 Å². The highest BCUT2D eigenvalue weighted by molar-refractivity contribution is 5.78. The second-order valence-corrected chi connectivity index (χ2v) is 5.03. The van der Waals surface area contributed by atoms with Crippen molar-refractivity contribution in [3.05, 3.63) is 0 Å². The number of amides is 1. The van der Waals surface area contributed by atoms with Crippen molar-refractivity contribution in [3.63, 3.8) is 0 Å². The first kappa shape index (κ1) is 14.4. The maximum atomic E-state index is 11.6. The molecule has 1 aliphatic heterocycles. The fraction of sp³-hybridized carbons (Fsp3) is 0.917. The molecular formula is C12H24N2O3. The van der Waals surface area contributed by atoms with Crippen LogP contribution in [0.1, 0.15) is 26.7 Å². The molecule has 0 aliphatic carbocycles. The highest BCUT2D eigenvalue weighted by Gasteiger charge is 2.29. The van der Waals surface area contributed by atoms with Crippen LogP contribution in [0.4, 0.5) is 0 Å². The van der Waals surface area contributed by atoms with Crippen LogP contribution >= 0.6 is 0 Å². The van der Waals surface area contributed by atoms with Crippen LogP contribution in [0, 0.1) is 0 Å². The van der Waals surface area contributed by atoms with Crippen LogP contribution in [0.15, 0.2) is 0 Å². The maximum Gasteiger partial charge on any atom is 0.234 e. The van der Waals surface area contributed by atoms with E-state index in [0.29, 0.717) is 19.7 Å². The minimum absolute atomic E-state index is 0.0452. The summed E-state index contributed by atoms with van der Waals surface area (Å²) in [5.41, 5.74) is -0.125. The number of carbonyl (C=O) groups excluding carboxylic acids is 1. The average Bonchev–Trinajstić information content (AvgIpc) is 2.23. The molecule has 1 amide bonds. The highest BCUT2D eigenvalue weighted by Crippen LogP contribution is 2.23. The van der Waals surface area contributed by atoms with Gasteiger partial charge < -0.3 is 20.1 Å². The Bertz CT molecular complexity index is 244. The van der Waals surface area contributed by atoms with Gasteiger partial charge in [0.15, 0.2) is 0 Å².